The molecule has 1 aromatic heterocycles. The van der Waals surface area contributed by atoms with Crippen molar-refractivity contribution < 1.29 is 23.9 Å². The summed E-state index contributed by atoms with van der Waals surface area (Å²) < 4.78 is 13.2. The second kappa shape index (κ2) is 14.6. The highest BCUT2D eigenvalue weighted by Crippen LogP contribution is 2.65. The van der Waals surface area contributed by atoms with Gasteiger partial charge >= 0.3 is 7.12 Å². The van der Waals surface area contributed by atoms with Crippen LogP contribution in [0.5, 0.6) is 0 Å². The molecule has 2 bridgehead atoms. The van der Waals surface area contributed by atoms with Gasteiger partial charge in [0.1, 0.15) is 6.04 Å². The lowest BCUT2D eigenvalue weighted by Crippen LogP contribution is -2.65. The number of nitro groups is 1. The van der Waals surface area contributed by atoms with Gasteiger partial charge in [0.05, 0.1) is 17.6 Å². The molecule has 3 saturated carbocycles. The standard InChI is InChI=1S/C30H49BN6O6S/c1-19(2)16-25(31-42-24-18-20-17-23(29(20,3)4)30(24,5)43-31)35-27(39)22(12-8-14-33-28(32)36-37(40)41)34-26(38)13-7-6-10-21-11-9-15-44-21/h9,11,15,19-20,22-25H,6-8,10,12-14,16-18H2,1-5H3,(H,34,38)(H,35,39)(H3,32,33,36)/t20-,22-,23-,24+,25-,30-/m0/s1. The number of hydrazine groups is 1. The number of thiophene rings is 1. The van der Waals surface area contributed by atoms with E-state index in [9.17, 15) is 19.7 Å². The van der Waals surface area contributed by atoms with Crippen molar-refractivity contribution in [3.05, 3.63) is 32.5 Å². The number of aryl methyl sites for hydroxylation is 1. The number of nitrogens with one attached hydrogen (secondary N) is 5. The first-order chi connectivity index (χ1) is 20.8. The quantitative estimate of drug-likeness (QED) is 0.0458. The lowest BCUT2D eigenvalue weighted by Gasteiger charge is -2.64. The normalized spacial score (nSPS) is 26.2. The monoisotopic (exact) mass is 632 g/mol. The number of hydrogen-bond donors (Lipinski definition) is 5. The van der Waals surface area contributed by atoms with Crippen LogP contribution in [0, 0.1) is 38.7 Å². The van der Waals surface area contributed by atoms with Gasteiger partial charge in [0.15, 0.2) is 5.03 Å². The van der Waals surface area contributed by atoms with Crippen LogP contribution in [0.1, 0.15) is 90.9 Å². The number of amides is 2. The Balaban J connectivity index is 1.37. The number of carbonyl (C=O) groups is 2. The fourth-order valence-corrected chi connectivity index (χ4v) is 8.08. The SMILES string of the molecule is CC(C)C[C@H](NC(=O)[C@H](CCCNC(=N)N[N+](=O)[O-])NC(=O)CCCCc1cccs1)B1O[C@@H]2C[C@@H]3C[C@@H](C3(C)C)[C@]2(C)O1. The number of carbonyl (C=O) groups excluding carboxylic acids is 2. The van der Waals surface area contributed by atoms with Crippen LogP contribution in [-0.2, 0) is 25.3 Å². The van der Waals surface area contributed by atoms with Crippen molar-refractivity contribution in [2.45, 2.75) is 116 Å². The molecule has 1 aliphatic heterocycles. The van der Waals surface area contributed by atoms with E-state index < -0.39 is 29.8 Å². The predicted molar refractivity (Wildman–Crippen MR) is 170 cm³/mol. The van der Waals surface area contributed by atoms with Gasteiger partial charge in [-0.05, 0) is 92.9 Å². The maximum Gasteiger partial charge on any atom is 0.481 e. The van der Waals surface area contributed by atoms with Crippen LogP contribution in [0.3, 0.4) is 0 Å². The van der Waals surface area contributed by atoms with Gasteiger partial charge in [-0.2, -0.15) is 0 Å². The zero-order chi connectivity index (χ0) is 32.1. The maximum absolute atomic E-state index is 13.8. The van der Waals surface area contributed by atoms with Gasteiger partial charge in [0.2, 0.25) is 11.8 Å². The van der Waals surface area contributed by atoms with Crippen molar-refractivity contribution in [3.63, 3.8) is 0 Å². The third kappa shape index (κ3) is 8.31. The average Bonchev–Trinajstić information content (AvgIpc) is 3.58. The molecular formula is C30H49BN6O6S. The molecule has 0 aromatic carbocycles. The Bertz CT molecular complexity index is 1170. The molecule has 44 heavy (non-hydrogen) atoms. The van der Waals surface area contributed by atoms with Crippen molar-refractivity contribution in [1.82, 2.24) is 21.4 Å². The van der Waals surface area contributed by atoms with E-state index in [-0.39, 0.29) is 41.7 Å². The third-order valence-electron chi connectivity index (χ3n) is 9.83. The Morgan fingerprint density at radius 1 is 1.20 bits per heavy atom. The first-order valence-electron chi connectivity index (χ1n) is 16.0. The summed E-state index contributed by atoms with van der Waals surface area (Å²) in [5, 5.41) is 28.1. The molecule has 0 spiro atoms. The molecule has 1 aromatic rings. The summed E-state index contributed by atoms with van der Waals surface area (Å²) in [5.74, 6) is -0.0259. The molecule has 0 radical (unpaired) electrons. The Morgan fingerprint density at radius 3 is 2.64 bits per heavy atom. The molecule has 5 rings (SSSR count). The third-order valence-corrected chi connectivity index (χ3v) is 10.8. The lowest BCUT2D eigenvalue weighted by molar-refractivity contribution is -0.525. The van der Waals surface area contributed by atoms with Crippen LogP contribution >= 0.6 is 11.3 Å². The van der Waals surface area contributed by atoms with E-state index in [1.807, 2.05) is 11.4 Å². The minimum absolute atomic E-state index is 0.00492. The summed E-state index contributed by atoms with van der Waals surface area (Å²) in [5.41, 5.74) is 1.57. The van der Waals surface area contributed by atoms with Gasteiger partial charge in [-0.1, -0.05) is 39.2 Å². The van der Waals surface area contributed by atoms with Crippen LogP contribution < -0.4 is 21.4 Å². The number of guanidine groups is 1. The summed E-state index contributed by atoms with van der Waals surface area (Å²) in [6.45, 7) is 11.2. The highest BCUT2D eigenvalue weighted by Gasteiger charge is 2.68. The molecule has 0 unspecified atom stereocenters. The van der Waals surface area contributed by atoms with E-state index in [2.05, 4.69) is 56.6 Å². The van der Waals surface area contributed by atoms with E-state index in [0.717, 1.165) is 25.7 Å². The summed E-state index contributed by atoms with van der Waals surface area (Å²) in [6.07, 6.45) is 6.27. The summed E-state index contributed by atoms with van der Waals surface area (Å²) in [4.78, 5) is 38.6. The zero-order valence-electron chi connectivity index (χ0n) is 26.6. The van der Waals surface area contributed by atoms with Crippen LogP contribution in [0.15, 0.2) is 17.5 Å². The Kier molecular flexibility index (Phi) is 11.3. The highest BCUT2D eigenvalue weighted by atomic mass is 32.1. The molecular weight excluding hydrogens is 583 g/mol. The van der Waals surface area contributed by atoms with Crippen molar-refractivity contribution in [2.24, 2.45) is 23.2 Å². The molecule has 14 heteroatoms. The number of rotatable bonds is 16. The molecule has 244 valence electrons. The molecule has 3 aliphatic carbocycles. The number of hydrogen-bond acceptors (Lipinski definition) is 8. The van der Waals surface area contributed by atoms with Crippen molar-refractivity contribution in [3.8, 4) is 0 Å². The van der Waals surface area contributed by atoms with E-state index in [1.54, 1.807) is 16.8 Å². The van der Waals surface area contributed by atoms with E-state index in [1.165, 1.54) is 4.88 Å². The van der Waals surface area contributed by atoms with Gasteiger partial charge < -0.3 is 25.3 Å². The summed E-state index contributed by atoms with van der Waals surface area (Å²) in [6, 6.07) is 3.30. The second-order valence-corrected chi connectivity index (χ2v) is 14.8. The Hall–Kier alpha value is -2.71. The topological polar surface area (TPSA) is 168 Å². The van der Waals surface area contributed by atoms with Crippen LogP contribution in [-0.4, -0.2) is 60.2 Å². The molecule has 2 heterocycles. The van der Waals surface area contributed by atoms with Crippen molar-refractivity contribution in [2.75, 3.05) is 6.54 Å². The van der Waals surface area contributed by atoms with Crippen LogP contribution in [0.4, 0.5) is 0 Å². The molecule has 4 aliphatic rings. The van der Waals surface area contributed by atoms with Gasteiger partial charge in [0.25, 0.3) is 5.96 Å². The number of unbranched alkanes of at least 4 members (excludes halogenated alkanes) is 1. The molecule has 5 N–H and O–H groups in total. The van der Waals surface area contributed by atoms with E-state index >= 15 is 0 Å². The zero-order valence-corrected chi connectivity index (χ0v) is 27.5. The van der Waals surface area contributed by atoms with Gasteiger partial charge in [-0.3, -0.25) is 15.0 Å². The largest absolute Gasteiger partial charge is 0.481 e. The van der Waals surface area contributed by atoms with Crippen molar-refractivity contribution in [1.29, 1.82) is 5.41 Å². The minimum Gasteiger partial charge on any atom is -0.404 e. The molecule has 2 amide bonds. The van der Waals surface area contributed by atoms with Crippen LogP contribution in [0.25, 0.3) is 0 Å². The minimum atomic E-state index is -0.812. The van der Waals surface area contributed by atoms with Gasteiger partial charge in [0, 0.05) is 17.8 Å². The van der Waals surface area contributed by atoms with Crippen molar-refractivity contribution >= 4 is 36.2 Å². The maximum atomic E-state index is 13.8. The second-order valence-electron chi connectivity index (χ2n) is 13.8. The van der Waals surface area contributed by atoms with Crippen LogP contribution in [0.2, 0.25) is 0 Å². The average molecular weight is 633 g/mol. The highest BCUT2D eigenvalue weighted by molar-refractivity contribution is 7.09. The molecule has 1 saturated heterocycles. The first kappa shape index (κ1) is 34.2. The lowest BCUT2D eigenvalue weighted by atomic mass is 9.43. The summed E-state index contributed by atoms with van der Waals surface area (Å²) >= 11 is 1.70. The van der Waals surface area contributed by atoms with Gasteiger partial charge in [-0.25, -0.2) is 10.1 Å². The number of nitrogens with zero attached hydrogens (tertiary/aromatic N) is 1. The Morgan fingerprint density at radius 2 is 1.98 bits per heavy atom. The molecule has 12 nitrogen and oxygen atoms in total. The van der Waals surface area contributed by atoms with Gasteiger partial charge in [-0.15, -0.1) is 11.3 Å². The summed E-state index contributed by atoms with van der Waals surface area (Å²) in [7, 11) is -0.574. The fourth-order valence-electron chi connectivity index (χ4n) is 7.33. The predicted octanol–water partition coefficient (Wildman–Crippen LogP) is 3.83. The van der Waals surface area contributed by atoms with E-state index in [0.29, 0.717) is 43.9 Å². The first-order valence-corrected chi connectivity index (χ1v) is 16.9. The Labute approximate surface area is 264 Å². The molecule has 4 fully saturated rings. The molecule has 6 atom stereocenters. The smallest absolute Gasteiger partial charge is 0.404 e. The fraction of sp³-hybridized carbons (Fsp3) is 0.767. The van der Waals surface area contributed by atoms with E-state index in [4.69, 9.17) is 14.7 Å².